The van der Waals surface area contributed by atoms with Crippen molar-refractivity contribution in [3.63, 3.8) is 0 Å². The smallest absolute Gasteiger partial charge is 0.311 e. The van der Waals surface area contributed by atoms with Crippen LogP contribution in [0.5, 0.6) is 0 Å². The van der Waals surface area contributed by atoms with Gasteiger partial charge in [0.1, 0.15) is 0 Å². The average molecular weight is 379 g/mol. The Bertz CT molecular complexity index is 891. The van der Waals surface area contributed by atoms with E-state index in [0.29, 0.717) is 12.1 Å². The maximum atomic E-state index is 12.4. The first-order chi connectivity index (χ1) is 13.4. The van der Waals surface area contributed by atoms with Crippen molar-refractivity contribution in [3.8, 4) is 0 Å². The predicted molar refractivity (Wildman–Crippen MR) is 106 cm³/mol. The zero-order chi connectivity index (χ0) is 20.3. The van der Waals surface area contributed by atoms with Crippen molar-refractivity contribution >= 4 is 17.7 Å². The highest BCUT2D eigenvalue weighted by molar-refractivity contribution is 5.99. The van der Waals surface area contributed by atoms with Crippen LogP contribution in [-0.2, 0) is 14.3 Å². The summed E-state index contributed by atoms with van der Waals surface area (Å²) in [6, 6.07) is 15.1. The number of rotatable bonds is 6. The number of ether oxygens (including phenoxy) is 1. The van der Waals surface area contributed by atoms with Crippen LogP contribution >= 0.6 is 0 Å². The number of carbonyl (C=O) groups excluding carboxylic acids is 3. The van der Waals surface area contributed by atoms with Crippen LogP contribution in [0.25, 0.3) is 0 Å². The molecule has 0 unspecified atom stereocenters. The Balaban J connectivity index is 1.58. The first-order valence-electron chi connectivity index (χ1n) is 9.48. The number of esters is 1. The van der Waals surface area contributed by atoms with Gasteiger partial charge in [-0.15, -0.1) is 0 Å². The van der Waals surface area contributed by atoms with Crippen molar-refractivity contribution in [2.75, 3.05) is 13.2 Å². The second kappa shape index (κ2) is 8.38. The zero-order valence-electron chi connectivity index (χ0n) is 16.5. The molecule has 2 aromatic rings. The Morgan fingerprint density at radius 2 is 1.86 bits per heavy atom. The zero-order valence-corrected chi connectivity index (χ0v) is 16.5. The third kappa shape index (κ3) is 4.30. The van der Waals surface area contributed by atoms with Gasteiger partial charge < -0.3 is 9.64 Å². The number of nitrogens with zero attached hydrogens (tertiary/aromatic N) is 1. The van der Waals surface area contributed by atoms with Crippen LogP contribution < -0.4 is 0 Å². The summed E-state index contributed by atoms with van der Waals surface area (Å²) in [4.78, 5) is 38.9. The van der Waals surface area contributed by atoms with Gasteiger partial charge in [0, 0.05) is 18.5 Å². The summed E-state index contributed by atoms with van der Waals surface area (Å²) >= 11 is 0. The molecule has 0 saturated carbocycles. The molecule has 0 bridgehead atoms. The molecule has 1 heterocycles. The summed E-state index contributed by atoms with van der Waals surface area (Å²) in [6.45, 7) is 5.78. The third-order valence-electron chi connectivity index (χ3n) is 5.27. The second-order valence-corrected chi connectivity index (χ2v) is 7.38. The van der Waals surface area contributed by atoms with Gasteiger partial charge in [-0.05, 0) is 31.9 Å². The molecule has 1 aliphatic rings. The number of hydrogen-bond acceptors (Lipinski definition) is 4. The Kier molecular flexibility index (Phi) is 5.93. The quantitative estimate of drug-likeness (QED) is 0.568. The molecule has 0 aliphatic carbocycles. The SMILES string of the molecule is Cc1ccc(C(=O)COC(=O)[C@H]2CC(=O)N([C@@H](C)c3ccccc3)C2)c(C)c1. The molecular weight excluding hydrogens is 354 g/mol. The lowest BCUT2D eigenvalue weighted by molar-refractivity contribution is -0.147. The molecule has 0 spiro atoms. The molecule has 0 radical (unpaired) electrons. The second-order valence-electron chi connectivity index (χ2n) is 7.38. The maximum absolute atomic E-state index is 12.4. The van der Waals surface area contributed by atoms with Crippen LogP contribution in [0.2, 0.25) is 0 Å². The van der Waals surface area contributed by atoms with Crippen molar-refractivity contribution in [2.24, 2.45) is 5.92 Å². The number of benzene rings is 2. The molecule has 0 N–H and O–H groups in total. The summed E-state index contributed by atoms with van der Waals surface area (Å²) in [7, 11) is 0. The number of likely N-dealkylation sites (tertiary alicyclic amines) is 1. The number of hydrogen-bond donors (Lipinski definition) is 0. The summed E-state index contributed by atoms with van der Waals surface area (Å²) < 4.78 is 5.24. The van der Waals surface area contributed by atoms with E-state index >= 15 is 0 Å². The predicted octanol–water partition coefficient (Wildman–Crippen LogP) is 3.64. The van der Waals surface area contributed by atoms with E-state index in [-0.39, 0.29) is 30.8 Å². The topological polar surface area (TPSA) is 63.7 Å². The van der Waals surface area contributed by atoms with Crippen molar-refractivity contribution in [1.82, 2.24) is 4.90 Å². The number of Topliss-reactive ketones (excluding diaryl/α,β-unsaturated/α-hetero) is 1. The molecule has 1 fully saturated rings. The first kappa shape index (κ1) is 19.8. The van der Waals surface area contributed by atoms with Crippen molar-refractivity contribution in [2.45, 2.75) is 33.2 Å². The minimum atomic E-state index is -0.537. The highest BCUT2D eigenvalue weighted by atomic mass is 16.5. The van der Waals surface area contributed by atoms with Gasteiger partial charge in [-0.1, -0.05) is 54.1 Å². The fourth-order valence-electron chi connectivity index (χ4n) is 3.63. The lowest BCUT2D eigenvalue weighted by Gasteiger charge is -2.25. The molecule has 1 saturated heterocycles. The van der Waals surface area contributed by atoms with Crippen LogP contribution in [0.15, 0.2) is 48.5 Å². The minimum Gasteiger partial charge on any atom is -0.457 e. The molecule has 146 valence electrons. The maximum Gasteiger partial charge on any atom is 0.311 e. The van der Waals surface area contributed by atoms with Crippen LogP contribution in [0, 0.1) is 19.8 Å². The summed E-state index contributed by atoms with van der Waals surface area (Å²) in [5, 5.41) is 0. The van der Waals surface area contributed by atoms with E-state index in [4.69, 9.17) is 4.74 Å². The molecule has 0 aromatic heterocycles. The lowest BCUT2D eigenvalue weighted by atomic mass is 10.0. The van der Waals surface area contributed by atoms with E-state index in [1.165, 1.54) is 0 Å². The van der Waals surface area contributed by atoms with Crippen molar-refractivity contribution < 1.29 is 19.1 Å². The van der Waals surface area contributed by atoms with E-state index in [9.17, 15) is 14.4 Å². The van der Waals surface area contributed by atoms with Crippen LogP contribution in [0.3, 0.4) is 0 Å². The van der Waals surface area contributed by atoms with Gasteiger partial charge in [0.2, 0.25) is 11.7 Å². The molecule has 1 amide bonds. The molecule has 28 heavy (non-hydrogen) atoms. The van der Waals surface area contributed by atoms with Crippen LogP contribution in [-0.4, -0.2) is 35.7 Å². The highest BCUT2D eigenvalue weighted by Gasteiger charge is 2.38. The van der Waals surface area contributed by atoms with Crippen molar-refractivity contribution in [3.05, 3.63) is 70.8 Å². The van der Waals surface area contributed by atoms with Crippen molar-refractivity contribution in [1.29, 1.82) is 0 Å². The molecule has 5 heteroatoms. The van der Waals surface area contributed by atoms with Gasteiger partial charge in [-0.3, -0.25) is 14.4 Å². The number of amides is 1. The van der Waals surface area contributed by atoms with E-state index in [0.717, 1.165) is 16.7 Å². The van der Waals surface area contributed by atoms with Gasteiger partial charge in [0.25, 0.3) is 0 Å². The fraction of sp³-hybridized carbons (Fsp3) is 0.348. The van der Waals surface area contributed by atoms with Gasteiger partial charge in [0.15, 0.2) is 6.61 Å². The van der Waals surface area contributed by atoms with E-state index < -0.39 is 11.9 Å². The normalized spacial score (nSPS) is 17.5. The van der Waals surface area contributed by atoms with Gasteiger partial charge in [-0.25, -0.2) is 0 Å². The van der Waals surface area contributed by atoms with Crippen LogP contribution in [0.1, 0.15) is 46.4 Å². The Labute approximate surface area is 165 Å². The molecule has 1 aliphatic heterocycles. The summed E-state index contributed by atoms with van der Waals surface area (Å²) in [6.07, 6.45) is 0.119. The van der Waals surface area contributed by atoms with Gasteiger partial charge in [0.05, 0.1) is 12.0 Å². The molecule has 3 rings (SSSR count). The number of ketones is 1. The molecular formula is C23H25NO4. The summed E-state index contributed by atoms with van der Waals surface area (Å²) in [5.41, 5.74) is 3.51. The van der Waals surface area contributed by atoms with Gasteiger partial charge in [-0.2, -0.15) is 0 Å². The monoisotopic (exact) mass is 379 g/mol. The molecule has 2 aromatic carbocycles. The minimum absolute atomic E-state index is 0.0704. The lowest BCUT2D eigenvalue weighted by Crippen LogP contribution is -2.30. The van der Waals surface area contributed by atoms with E-state index in [1.807, 2.05) is 63.2 Å². The average Bonchev–Trinajstić information content (AvgIpc) is 3.07. The first-order valence-corrected chi connectivity index (χ1v) is 9.48. The molecule has 2 atom stereocenters. The highest BCUT2D eigenvalue weighted by Crippen LogP contribution is 2.29. The summed E-state index contributed by atoms with van der Waals surface area (Å²) in [5.74, 6) is -1.33. The largest absolute Gasteiger partial charge is 0.457 e. The Hall–Kier alpha value is -2.95. The molecule has 5 nitrogen and oxygen atoms in total. The standard InChI is InChI=1S/C23H25NO4/c1-15-9-10-20(16(2)11-15)21(25)14-28-23(27)19-12-22(26)24(13-19)17(3)18-7-5-4-6-8-18/h4-11,17,19H,12-14H2,1-3H3/t17-,19-/m0/s1. The Morgan fingerprint density at radius 3 is 2.54 bits per heavy atom. The van der Waals surface area contributed by atoms with E-state index in [2.05, 4.69) is 0 Å². The van der Waals surface area contributed by atoms with Crippen LogP contribution in [0.4, 0.5) is 0 Å². The third-order valence-corrected chi connectivity index (χ3v) is 5.27. The number of carbonyl (C=O) groups is 3. The number of aryl methyl sites for hydroxylation is 2. The van der Waals surface area contributed by atoms with Gasteiger partial charge >= 0.3 is 5.97 Å². The Morgan fingerprint density at radius 1 is 1.14 bits per heavy atom. The fourth-order valence-corrected chi connectivity index (χ4v) is 3.63. The van der Waals surface area contributed by atoms with E-state index in [1.54, 1.807) is 11.0 Å².